The molecule has 3 N–H and O–H groups in total. The first-order valence-corrected chi connectivity index (χ1v) is 8.60. The minimum absolute atomic E-state index is 0.0947. The van der Waals surface area contributed by atoms with Gasteiger partial charge in [-0.1, -0.05) is 41.9 Å². The summed E-state index contributed by atoms with van der Waals surface area (Å²) in [6, 6.07) is 15.4. The van der Waals surface area contributed by atoms with Gasteiger partial charge in [-0.25, -0.2) is 0 Å². The van der Waals surface area contributed by atoms with Gasteiger partial charge in [-0.15, -0.1) is 0 Å². The summed E-state index contributed by atoms with van der Waals surface area (Å²) in [4.78, 5) is 14.4. The van der Waals surface area contributed by atoms with Crippen LogP contribution in [0.3, 0.4) is 0 Å². The number of methoxy groups -OCH3 is 1. The van der Waals surface area contributed by atoms with Crippen molar-refractivity contribution in [1.82, 2.24) is 4.90 Å². The zero-order chi connectivity index (χ0) is 18.1. The third-order valence-electron chi connectivity index (χ3n) is 3.81. The van der Waals surface area contributed by atoms with Crippen LogP contribution in [-0.4, -0.2) is 44.1 Å². The molecule has 5 nitrogen and oxygen atoms in total. The van der Waals surface area contributed by atoms with Gasteiger partial charge < -0.3 is 15.8 Å². The Morgan fingerprint density at radius 3 is 2.60 bits per heavy atom. The molecule has 1 amide bonds. The number of benzene rings is 2. The molecule has 0 heterocycles. The third kappa shape index (κ3) is 6.38. The molecule has 0 aliphatic rings. The van der Waals surface area contributed by atoms with Gasteiger partial charge in [0.1, 0.15) is 5.75 Å². The maximum atomic E-state index is 12.3. The molecule has 0 bridgehead atoms. The van der Waals surface area contributed by atoms with E-state index in [4.69, 9.17) is 22.1 Å². The SMILES string of the molecule is COc1ccc(NC(=O)CN(CCN)CCc2ccccc2)cc1Cl. The number of carbonyl (C=O) groups is 1. The summed E-state index contributed by atoms with van der Waals surface area (Å²) in [5.74, 6) is 0.482. The predicted molar refractivity (Wildman–Crippen MR) is 102 cm³/mol. The van der Waals surface area contributed by atoms with Crippen molar-refractivity contribution in [2.75, 3.05) is 38.6 Å². The number of ether oxygens (including phenoxy) is 1. The van der Waals surface area contributed by atoms with Crippen molar-refractivity contribution in [3.05, 3.63) is 59.1 Å². The highest BCUT2D eigenvalue weighted by atomic mass is 35.5. The van der Waals surface area contributed by atoms with E-state index in [1.807, 2.05) is 23.1 Å². The highest BCUT2D eigenvalue weighted by molar-refractivity contribution is 6.32. The molecule has 134 valence electrons. The monoisotopic (exact) mass is 361 g/mol. The fourth-order valence-electron chi connectivity index (χ4n) is 2.53. The molecule has 0 fully saturated rings. The van der Waals surface area contributed by atoms with Gasteiger partial charge in [0, 0.05) is 25.3 Å². The standard InChI is InChI=1S/C19H24ClN3O2/c1-25-18-8-7-16(13-17(18)20)22-19(24)14-23(12-10-21)11-9-15-5-3-2-4-6-15/h2-8,13H,9-12,14,21H2,1H3,(H,22,24). The van der Waals surface area contributed by atoms with Crippen LogP contribution in [0, 0.1) is 0 Å². The summed E-state index contributed by atoms with van der Waals surface area (Å²) in [5, 5.41) is 3.32. The van der Waals surface area contributed by atoms with Crippen molar-refractivity contribution in [2.24, 2.45) is 5.73 Å². The molecule has 2 rings (SSSR count). The molecule has 0 aromatic heterocycles. The van der Waals surface area contributed by atoms with Crippen LogP contribution in [0.5, 0.6) is 5.75 Å². The van der Waals surface area contributed by atoms with Gasteiger partial charge in [0.15, 0.2) is 0 Å². The van der Waals surface area contributed by atoms with Crippen LogP contribution < -0.4 is 15.8 Å². The molecule has 0 spiro atoms. The normalized spacial score (nSPS) is 10.7. The summed E-state index contributed by atoms with van der Waals surface area (Å²) in [6.45, 7) is 2.24. The van der Waals surface area contributed by atoms with Crippen LogP contribution in [0.25, 0.3) is 0 Å². The van der Waals surface area contributed by atoms with Crippen molar-refractivity contribution in [1.29, 1.82) is 0 Å². The molecule has 0 saturated carbocycles. The molecule has 2 aromatic rings. The molecular weight excluding hydrogens is 338 g/mol. The number of rotatable bonds is 9. The minimum Gasteiger partial charge on any atom is -0.495 e. The van der Waals surface area contributed by atoms with Crippen LogP contribution in [0.2, 0.25) is 5.02 Å². The van der Waals surface area contributed by atoms with Crippen molar-refractivity contribution in [3.63, 3.8) is 0 Å². The largest absolute Gasteiger partial charge is 0.495 e. The number of nitrogens with two attached hydrogens (primary N) is 1. The number of hydrogen-bond donors (Lipinski definition) is 2. The van der Waals surface area contributed by atoms with Crippen LogP contribution in [0.1, 0.15) is 5.56 Å². The molecule has 0 radical (unpaired) electrons. The van der Waals surface area contributed by atoms with E-state index in [1.54, 1.807) is 25.3 Å². The first kappa shape index (κ1) is 19.2. The molecule has 25 heavy (non-hydrogen) atoms. The summed E-state index contributed by atoms with van der Waals surface area (Å²) < 4.78 is 5.11. The topological polar surface area (TPSA) is 67.6 Å². The van der Waals surface area contributed by atoms with Crippen molar-refractivity contribution < 1.29 is 9.53 Å². The fourth-order valence-corrected chi connectivity index (χ4v) is 2.79. The second-order valence-corrected chi connectivity index (χ2v) is 6.11. The average molecular weight is 362 g/mol. The average Bonchev–Trinajstić information content (AvgIpc) is 2.61. The Labute approximate surface area is 153 Å². The Morgan fingerprint density at radius 2 is 1.96 bits per heavy atom. The molecule has 6 heteroatoms. The highest BCUT2D eigenvalue weighted by Crippen LogP contribution is 2.27. The van der Waals surface area contributed by atoms with Crippen LogP contribution in [0.15, 0.2) is 48.5 Å². The van der Waals surface area contributed by atoms with Gasteiger partial charge in [-0.3, -0.25) is 9.69 Å². The van der Waals surface area contributed by atoms with Crippen molar-refractivity contribution >= 4 is 23.2 Å². The van der Waals surface area contributed by atoms with Gasteiger partial charge in [-0.05, 0) is 30.2 Å². The van der Waals surface area contributed by atoms with E-state index in [2.05, 4.69) is 17.4 Å². The van der Waals surface area contributed by atoms with Crippen molar-refractivity contribution in [3.8, 4) is 5.75 Å². The lowest BCUT2D eigenvalue weighted by molar-refractivity contribution is -0.117. The van der Waals surface area contributed by atoms with E-state index in [1.165, 1.54) is 5.56 Å². The number of halogens is 1. The maximum absolute atomic E-state index is 12.3. The minimum atomic E-state index is -0.0947. The highest BCUT2D eigenvalue weighted by Gasteiger charge is 2.11. The van der Waals surface area contributed by atoms with E-state index < -0.39 is 0 Å². The summed E-state index contributed by atoms with van der Waals surface area (Å²) in [6.07, 6.45) is 0.877. The van der Waals surface area contributed by atoms with E-state index in [-0.39, 0.29) is 12.5 Å². The Morgan fingerprint density at radius 1 is 1.20 bits per heavy atom. The summed E-state index contributed by atoms with van der Waals surface area (Å²) in [5.41, 5.74) is 7.56. The Hall–Kier alpha value is -2.08. The summed E-state index contributed by atoms with van der Waals surface area (Å²) in [7, 11) is 1.55. The van der Waals surface area contributed by atoms with Crippen LogP contribution >= 0.6 is 11.6 Å². The zero-order valence-corrected chi connectivity index (χ0v) is 15.1. The van der Waals surface area contributed by atoms with E-state index in [9.17, 15) is 4.79 Å². The Kier molecular flexibility index (Phi) is 7.73. The van der Waals surface area contributed by atoms with Crippen molar-refractivity contribution in [2.45, 2.75) is 6.42 Å². The molecule has 0 unspecified atom stereocenters. The van der Waals surface area contributed by atoms with Gasteiger partial charge in [0.2, 0.25) is 5.91 Å². The number of amides is 1. The van der Waals surface area contributed by atoms with E-state index in [0.717, 1.165) is 13.0 Å². The summed E-state index contributed by atoms with van der Waals surface area (Å²) >= 11 is 6.08. The van der Waals surface area contributed by atoms with E-state index in [0.29, 0.717) is 29.5 Å². The quantitative estimate of drug-likeness (QED) is 0.720. The fraction of sp³-hybridized carbons (Fsp3) is 0.316. The Bertz CT molecular complexity index is 680. The third-order valence-corrected chi connectivity index (χ3v) is 4.10. The molecule has 0 aliphatic carbocycles. The Balaban J connectivity index is 1.89. The number of nitrogens with one attached hydrogen (secondary N) is 1. The van der Waals surface area contributed by atoms with Gasteiger partial charge >= 0.3 is 0 Å². The predicted octanol–water partition coefficient (Wildman–Crippen LogP) is 2.79. The second kappa shape index (κ2) is 10.0. The number of anilines is 1. The first-order valence-electron chi connectivity index (χ1n) is 8.22. The second-order valence-electron chi connectivity index (χ2n) is 5.70. The van der Waals surface area contributed by atoms with Gasteiger partial charge in [-0.2, -0.15) is 0 Å². The van der Waals surface area contributed by atoms with Crippen LogP contribution in [0.4, 0.5) is 5.69 Å². The molecular formula is C19H24ClN3O2. The first-order chi connectivity index (χ1) is 12.1. The van der Waals surface area contributed by atoms with E-state index >= 15 is 0 Å². The van der Waals surface area contributed by atoms with Gasteiger partial charge in [0.25, 0.3) is 0 Å². The number of nitrogens with zero attached hydrogens (tertiary/aromatic N) is 1. The number of hydrogen-bond acceptors (Lipinski definition) is 4. The molecule has 0 saturated heterocycles. The molecule has 2 aromatic carbocycles. The van der Waals surface area contributed by atoms with Gasteiger partial charge in [0.05, 0.1) is 18.7 Å². The lowest BCUT2D eigenvalue weighted by Crippen LogP contribution is -2.38. The number of carbonyl (C=O) groups excluding carboxylic acids is 1. The lowest BCUT2D eigenvalue weighted by atomic mass is 10.1. The lowest BCUT2D eigenvalue weighted by Gasteiger charge is -2.21. The zero-order valence-electron chi connectivity index (χ0n) is 14.4. The maximum Gasteiger partial charge on any atom is 0.238 e. The molecule has 0 atom stereocenters. The smallest absolute Gasteiger partial charge is 0.238 e. The molecule has 0 aliphatic heterocycles. The van der Waals surface area contributed by atoms with Crippen LogP contribution in [-0.2, 0) is 11.2 Å².